The fraction of sp³-hybridized carbons (Fsp3) is 0.733. The van der Waals surface area contributed by atoms with Gasteiger partial charge >= 0.3 is 0 Å². The summed E-state index contributed by atoms with van der Waals surface area (Å²) in [6.45, 7) is 3.36. The minimum absolute atomic E-state index is 0.0730. The van der Waals surface area contributed by atoms with Crippen LogP contribution in [-0.2, 0) is 4.74 Å². The van der Waals surface area contributed by atoms with Gasteiger partial charge in [-0.05, 0) is 25.7 Å². The van der Waals surface area contributed by atoms with Gasteiger partial charge in [0.15, 0.2) is 5.82 Å². The fourth-order valence-corrected chi connectivity index (χ4v) is 3.02. The number of rotatable bonds is 7. The first-order chi connectivity index (χ1) is 10.3. The average molecular weight is 292 g/mol. The van der Waals surface area contributed by atoms with E-state index in [0.29, 0.717) is 24.5 Å². The van der Waals surface area contributed by atoms with Crippen molar-refractivity contribution in [3.8, 4) is 0 Å². The highest BCUT2D eigenvalue weighted by Crippen LogP contribution is 2.33. The van der Waals surface area contributed by atoms with Crippen LogP contribution in [0.15, 0.2) is 17.2 Å². The summed E-state index contributed by atoms with van der Waals surface area (Å²) in [5.41, 5.74) is 0.0730. The number of nitrogens with one attached hydrogen (secondary N) is 1. The highest BCUT2D eigenvalue weighted by molar-refractivity contribution is 5.39. The zero-order chi connectivity index (χ0) is 14.7. The molecule has 1 N–H and O–H groups in total. The first kappa shape index (κ1) is 14.5. The summed E-state index contributed by atoms with van der Waals surface area (Å²) in [5.74, 6) is 0.625. The van der Waals surface area contributed by atoms with E-state index >= 15 is 0 Å². The normalized spacial score (nSPS) is 22.0. The Morgan fingerprint density at radius 3 is 3.05 bits per heavy atom. The number of hydrogen-bond acceptors (Lipinski definition) is 5. The summed E-state index contributed by atoms with van der Waals surface area (Å²) < 4.78 is 6.90. The lowest BCUT2D eigenvalue weighted by atomic mass is 10.2. The van der Waals surface area contributed by atoms with Gasteiger partial charge in [-0.2, -0.15) is 0 Å². The third-order valence-corrected chi connectivity index (χ3v) is 4.30. The molecule has 3 rings (SSSR count). The lowest BCUT2D eigenvalue weighted by molar-refractivity contribution is 0.199. The SMILES string of the molecule is COCCNCC1CCCN1c1nccn(C2CC2)c1=O. The van der Waals surface area contributed by atoms with E-state index in [1.54, 1.807) is 13.3 Å². The van der Waals surface area contributed by atoms with Crippen molar-refractivity contribution in [3.63, 3.8) is 0 Å². The minimum atomic E-state index is 0.0730. The Hall–Kier alpha value is -1.40. The average Bonchev–Trinajstić information content (AvgIpc) is 3.23. The highest BCUT2D eigenvalue weighted by Gasteiger charge is 2.30. The van der Waals surface area contributed by atoms with Crippen molar-refractivity contribution >= 4 is 5.82 Å². The molecule has 1 atom stereocenters. The fourth-order valence-electron chi connectivity index (χ4n) is 3.02. The highest BCUT2D eigenvalue weighted by atomic mass is 16.5. The van der Waals surface area contributed by atoms with Crippen LogP contribution in [0.2, 0.25) is 0 Å². The molecule has 116 valence electrons. The second-order valence-corrected chi connectivity index (χ2v) is 5.88. The molecule has 0 bridgehead atoms. The quantitative estimate of drug-likeness (QED) is 0.753. The van der Waals surface area contributed by atoms with Gasteiger partial charge in [-0.3, -0.25) is 4.79 Å². The molecule has 0 amide bonds. The summed E-state index contributed by atoms with van der Waals surface area (Å²) in [6.07, 6.45) is 8.06. The van der Waals surface area contributed by atoms with Crippen LogP contribution >= 0.6 is 0 Å². The Morgan fingerprint density at radius 1 is 1.43 bits per heavy atom. The maximum Gasteiger partial charge on any atom is 0.293 e. The van der Waals surface area contributed by atoms with Crippen molar-refractivity contribution in [2.45, 2.75) is 37.8 Å². The van der Waals surface area contributed by atoms with Crippen LogP contribution in [0.3, 0.4) is 0 Å². The number of methoxy groups -OCH3 is 1. The Kier molecular flexibility index (Phi) is 4.55. The molecule has 0 radical (unpaired) electrons. The number of nitrogens with zero attached hydrogens (tertiary/aromatic N) is 3. The molecule has 21 heavy (non-hydrogen) atoms. The number of anilines is 1. The molecular weight excluding hydrogens is 268 g/mol. The van der Waals surface area contributed by atoms with Crippen molar-refractivity contribution in [1.82, 2.24) is 14.9 Å². The van der Waals surface area contributed by atoms with E-state index in [1.807, 2.05) is 10.8 Å². The molecule has 1 aromatic rings. The summed E-state index contributed by atoms with van der Waals surface area (Å²) in [5, 5.41) is 3.39. The topological polar surface area (TPSA) is 59.4 Å². The van der Waals surface area contributed by atoms with Crippen LogP contribution in [0.1, 0.15) is 31.7 Å². The number of ether oxygens (including phenoxy) is 1. The van der Waals surface area contributed by atoms with Crippen molar-refractivity contribution < 1.29 is 4.74 Å². The van der Waals surface area contributed by atoms with Crippen molar-refractivity contribution in [3.05, 3.63) is 22.7 Å². The molecule has 0 spiro atoms. The molecule has 1 aliphatic heterocycles. The first-order valence-corrected chi connectivity index (χ1v) is 7.84. The molecule has 6 nitrogen and oxygen atoms in total. The van der Waals surface area contributed by atoms with Gasteiger partial charge in [0.25, 0.3) is 5.56 Å². The van der Waals surface area contributed by atoms with Crippen LogP contribution in [0.5, 0.6) is 0 Å². The van der Waals surface area contributed by atoms with Crippen LogP contribution in [0.25, 0.3) is 0 Å². The molecule has 2 heterocycles. The summed E-state index contributed by atoms with van der Waals surface area (Å²) >= 11 is 0. The van der Waals surface area contributed by atoms with Gasteiger partial charge in [0.1, 0.15) is 0 Å². The third kappa shape index (κ3) is 3.27. The van der Waals surface area contributed by atoms with E-state index in [0.717, 1.165) is 45.3 Å². The Balaban J connectivity index is 1.70. The van der Waals surface area contributed by atoms with E-state index in [4.69, 9.17) is 4.74 Å². The predicted octanol–water partition coefficient (Wildman–Crippen LogP) is 0.783. The van der Waals surface area contributed by atoms with Gasteiger partial charge in [-0.25, -0.2) is 4.98 Å². The lowest BCUT2D eigenvalue weighted by Gasteiger charge is -2.25. The van der Waals surface area contributed by atoms with Crippen molar-refractivity contribution in [2.75, 3.05) is 38.3 Å². The van der Waals surface area contributed by atoms with Gasteiger partial charge in [0.2, 0.25) is 0 Å². The molecule has 1 saturated heterocycles. The van der Waals surface area contributed by atoms with E-state index in [1.165, 1.54) is 0 Å². The molecule has 0 aromatic carbocycles. The Bertz CT molecular complexity index is 527. The molecule has 1 saturated carbocycles. The van der Waals surface area contributed by atoms with Crippen LogP contribution < -0.4 is 15.8 Å². The van der Waals surface area contributed by atoms with E-state index in [9.17, 15) is 4.79 Å². The maximum absolute atomic E-state index is 12.6. The monoisotopic (exact) mass is 292 g/mol. The second kappa shape index (κ2) is 6.58. The van der Waals surface area contributed by atoms with Gasteiger partial charge in [0, 0.05) is 51.2 Å². The molecule has 2 aliphatic rings. The molecule has 1 aromatic heterocycles. The van der Waals surface area contributed by atoms with Crippen LogP contribution in [0, 0.1) is 0 Å². The van der Waals surface area contributed by atoms with E-state index in [-0.39, 0.29) is 5.56 Å². The van der Waals surface area contributed by atoms with Gasteiger partial charge < -0.3 is 19.5 Å². The zero-order valence-electron chi connectivity index (χ0n) is 12.6. The number of hydrogen-bond donors (Lipinski definition) is 1. The molecule has 2 fully saturated rings. The van der Waals surface area contributed by atoms with Crippen molar-refractivity contribution in [1.29, 1.82) is 0 Å². The molecule has 1 unspecified atom stereocenters. The van der Waals surface area contributed by atoms with Gasteiger partial charge in [-0.15, -0.1) is 0 Å². The predicted molar refractivity (Wildman–Crippen MR) is 81.9 cm³/mol. The standard InChI is InChI=1S/C15H24N4O2/c1-21-10-7-16-11-13-3-2-8-18(13)14-15(20)19(9-6-17-14)12-4-5-12/h6,9,12-13,16H,2-5,7-8,10-11H2,1H3. The van der Waals surface area contributed by atoms with Gasteiger partial charge in [0.05, 0.1) is 6.61 Å². The largest absolute Gasteiger partial charge is 0.383 e. The smallest absolute Gasteiger partial charge is 0.293 e. The molecule has 1 aliphatic carbocycles. The second-order valence-electron chi connectivity index (χ2n) is 5.88. The zero-order valence-corrected chi connectivity index (χ0v) is 12.6. The Morgan fingerprint density at radius 2 is 2.29 bits per heavy atom. The third-order valence-electron chi connectivity index (χ3n) is 4.30. The van der Waals surface area contributed by atoms with Crippen LogP contribution in [0.4, 0.5) is 5.82 Å². The van der Waals surface area contributed by atoms with E-state index in [2.05, 4.69) is 15.2 Å². The molecular formula is C15H24N4O2. The molecule has 6 heteroatoms. The first-order valence-electron chi connectivity index (χ1n) is 7.84. The van der Waals surface area contributed by atoms with Crippen LogP contribution in [-0.4, -0.2) is 48.9 Å². The van der Waals surface area contributed by atoms with Gasteiger partial charge in [-0.1, -0.05) is 0 Å². The summed E-state index contributed by atoms with van der Waals surface area (Å²) in [4.78, 5) is 19.1. The summed E-state index contributed by atoms with van der Waals surface area (Å²) in [6, 6.07) is 0.761. The lowest BCUT2D eigenvalue weighted by Crippen LogP contribution is -2.42. The van der Waals surface area contributed by atoms with E-state index < -0.39 is 0 Å². The number of aromatic nitrogens is 2. The maximum atomic E-state index is 12.6. The summed E-state index contributed by atoms with van der Waals surface area (Å²) in [7, 11) is 1.71. The minimum Gasteiger partial charge on any atom is -0.383 e. The Labute approximate surface area is 125 Å². The van der Waals surface area contributed by atoms with Crippen molar-refractivity contribution in [2.24, 2.45) is 0 Å².